The van der Waals surface area contributed by atoms with Gasteiger partial charge in [-0.2, -0.15) is 0 Å². The topological polar surface area (TPSA) is 49.8 Å². The lowest BCUT2D eigenvalue weighted by Gasteiger charge is -2.14. The van der Waals surface area contributed by atoms with Gasteiger partial charge in [0.1, 0.15) is 12.8 Å². The van der Waals surface area contributed by atoms with Crippen LogP contribution in [-0.2, 0) is 9.63 Å². The average Bonchev–Trinajstić information content (AvgIpc) is 2.14. The minimum Gasteiger partial charge on any atom is -0.480 e. The SMILES string of the molecule is Cl.O=C(O)CN1CC=CC=CO1. The number of nitrogens with zero attached hydrogens (tertiary/aromatic N) is 1. The van der Waals surface area contributed by atoms with Gasteiger partial charge < -0.3 is 9.94 Å². The molecule has 0 aliphatic carbocycles. The second kappa shape index (κ2) is 5.62. The van der Waals surface area contributed by atoms with Crippen LogP contribution < -0.4 is 0 Å². The maximum Gasteiger partial charge on any atom is 0.321 e. The molecule has 68 valence electrons. The van der Waals surface area contributed by atoms with Crippen LogP contribution in [-0.4, -0.2) is 29.2 Å². The van der Waals surface area contributed by atoms with Crippen LogP contribution >= 0.6 is 12.4 Å². The van der Waals surface area contributed by atoms with E-state index < -0.39 is 5.97 Å². The van der Waals surface area contributed by atoms with Crippen LogP contribution in [0.15, 0.2) is 24.5 Å². The third-order valence-electron chi connectivity index (χ3n) is 1.16. The summed E-state index contributed by atoms with van der Waals surface area (Å²) in [6, 6.07) is 0. The number of carboxylic acid groups (broad SMARTS) is 1. The van der Waals surface area contributed by atoms with Crippen molar-refractivity contribution in [1.82, 2.24) is 5.06 Å². The number of rotatable bonds is 2. The summed E-state index contributed by atoms with van der Waals surface area (Å²) in [5.41, 5.74) is 0. The Balaban J connectivity index is 0.00000121. The molecule has 0 aromatic heterocycles. The van der Waals surface area contributed by atoms with Gasteiger partial charge in [-0.3, -0.25) is 4.79 Å². The minimum atomic E-state index is -0.895. The van der Waals surface area contributed by atoms with Crippen LogP contribution in [0, 0.1) is 0 Å². The van der Waals surface area contributed by atoms with Gasteiger partial charge in [-0.1, -0.05) is 12.2 Å². The van der Waals surface area contributed by atoms with Crippen molar-refractivity contribution in [2.75, 3.05) is 13.1 Å². The number of aliphatic carboxylic acids is 1. The maximum absolute atomic E-state index is 10.2. The van der Waals surface area contributed by atoms with E-state index in [4.69, 9.17) is 9.94 Å². The minimum absolute atomic E-state index is 0. The van der Waals surface area contributed by atoms with Crippen molar-refractivity contribution in [2.24, 2.45) is 0 Å². The molecule has 1 aliphatic rings. The highest BCUT2D eigenvalue weighted by molar-refractivity contribution is 5.85. The standard InChI is InChI=1S/C7H9NO3.ClH/c9-7(10)6-8-4-2-1-3-5-11-8;/h1-3,5H,4,6H2,(H,9,10);1H. The second-order valence-corrected chi connectivity index (χ2v) is 2.08. The molecule has 0 radical (unpaired) electrons. The Labute approximate surface area is 76.5 Å². The van der Waals surface area contributed by atoms with Crippen molar-refractivity contribution >= 4 is 18.4 Å². The van der Waals surface area contributed by atoms with E-state index in [1.807, 2.05) is 12.2 Å². The van der Waals surface area contributed by atoms with E-state index in [-0.39, 0.29) is 19.0 Å². The van der Waals surface area contributed by atoms with Crippen molar-refractivity contribution in [1.29, 1.82) is 0 Å². The highest BCUT2D eigenvalue weighted by Gasteiger charge is 2.07. The smallest absolute Gasteiger partial charge is 0.321 e. The van der Waals surface area contributed by atoms with Crippen LogP contribution in [0.25, 0.3) is 0 Å². The molecule has 12 heavy (non-hydrogen) atoms. The van der Waals surface area contributed by atoms with Crippen molar-refractivity contribution < 1.29 is 14.7 Å². The number of carbonyl (C=O) groups is 1. The summed E-state index contributed by atoms with van der Waals surface area (Å²) in [6.07, 6.45) is 6.79. The van der Waals surface area contributed by atoms with Crippen LogP contribution in [0.1, 0.15) is 0 Å². The molecule has 0 atom stereocenters. The van der Waals surface area contributed by atoms with E-state index in [1.165, 1.54) is 11.3 Å². The van der Waals surface area contributed by atoms with Crippen molar-refractivity contribution in [3.05, 3.63) is 24.5 Å². The Bertz CT molecular complexity index is 189. The van der Waals surface area contributed by atoms with E-state index in [2.05, 4.69) is 0 Å². The number of hydrogen-bond acceptors (Lipinski definition) is 3. The lowest BCUT2D eigenvalue weighted by molar-refractivity contribution is -0.153. The first-order valence-corrected chi connectivity index (χ1v) is 3.24. The predicted molar refractivity (Wildman–Crippen MR) is 45.8 cm³/mol. The van der Waals surface area contributed by atoms with Crippen LogP contribution in [0.2, 0.25) is 0 Å². The van der Waals surface area contributed by atoms with Crippen LogP contribution in [0.3, 0.4) is 0 Å². The highest BCUT2D eigenvalue weighted by Crippen LogP contribution is 1.96. The predicted octanol–water partition coefficient (Wildman–Crippen LogP) is 0.810. The number of hydrogen-bond donors (Lipinski definition) is 1. The largest absolute Gasteiger partial charge is 0.480 e. The van der Waals surface area contributed by atoms with Gasteiger partial charge in [0, 0.05) is 0 Å². The van der Waals surface area contributed by atoms with Gasteiger partial charge in [-0.15, -0.1) is 17.5 Å². The lowest BCUT2D eigenvalue weighted by Crippen LogP contribution is -2.28. The van der Waals surface area contributed by atoms with E-state index in [1.54, 1.807) is 6.08 Å². The summed E-state index contributed by atoms with van der Waals surface area (Å²) in [5.74, 6) is -0.895. The molecule has 4 nitrogen and oxygen atoms in total. The van der Waals surface area contributed by atoms with Crippen molar-refractivity contribution in [2.45, 2.75) is 0 Å². The highest BCUT2D eigenvalue weighted by atomic mass is 35.5. The molecule has 0 spiro atoms. The first kappa shape index (κ1) is 11.0. The first-order valence-electron chi connectivity index (χ1n) is 3.24. The molecule has 0 unspecified atom stereocenters. The summed E-state index contributed by atoms with van der Waals surface area (Å²) < 4.78 is 0. The first-order chi connectivity index (χ1) is 5.29. The zero-order chi connectivity index (χ0) is 8.10. The molecule has 0 fully saturated rings. The summed E-state index contributed by atoms with van der Waals surface area (Å²) in [6.45, 7) is 0.397. The van der Waals surface area contributed by atoms with Crippen molar-refractivity contribution in [3.63, 3.8) is 0 Å². The summed E-state index contributed by atoms with van der Waals surface area (Å²) in [4.78, 5) is 15.1. The third kappa shape index (κ3) is 4.00. The van der Waals surface area contributed by atoms with Gasteiger partial charge in [0.2, 0.25) is 0 Å². The molecule has 0 bridgehead atoms. The molecule has 1 aliphatic heterocycles. The Morgan fingerprint density at radius 3 is 3.00 bits per heavy atom. The molecule has 5 heteroatoms. The zero-order valence-electron chi connectivity index (χ0n) is 6.34. The molecular weight excluding hydrogens is 182 g/mol. The Hall–Kier alpha value is -1.00. The van der Waals surface area contributed by atoms with Gasteiger partial charge >= 0.3 is 5.97 Å². The quantitative estimate of drug-likeness (QED) is 0.702. The summed E-state index contributed by atoms with van der Waals surface area (Å²) in [5, 5.41) is 9.74. The third-order valence-corrected chi connectivity index (χ3v) is 1.16. The van der Waals surface area contributed by atoms with E-state index in [0.717, 1.165) is 0 Å². The molecule has 0 saturated carbocycles. The number of carboxylic acids is 1. The number of halogens is 1. The molecule has 1 N–H and O–H groups in total. The van der Waals surface area contributed by atoms with Gasteiger partial charge in [-0.05, 0) is 6.08 Å². The van der Waals surface area contributed by atoms with Crippen LogP contribution in [0.5, 0.6) is 0 Å². The summed E-state index contributed by atoms with van der Waals surface area (Å²) >= 11 is 0. The van der Waals surface area contributed by atoms with Gasteiger partial charge in [0.25, 0.3) is 0 Å². The van der Waals surface area contributed by atoms with Crippen LogP contribution in [0.4, 0.5) is 0 Å². The Morgan fingerprint density at radius 1 is 1.58 bits per heavy atom. The lowest BCUT2D eigenvalue weighted by atomic mass is 10.5. The molecule has 0 aromatic carbocycles. The maximum atomic E-state index is 10.2. The Kier molecular flexibility index (Phi) is 5.16. The fourth-order valence-electron chi connectivity index (χ4n) is 0.719. The normalized spacial score (nSPS) is 16.0. The number of allylic oxidation sites excluding steroid dienone is 2. The van der Waals surface area contributed by atoms with Crippen molar-refractivity contribution in [3.8, 4) is 0 Å². The molecule has 0 saturated heterocycles. The average molecular weight is 192 g/mol. The fourth-order valence-corrected chi connectivity index (χ4v) is 0.719. The summed E-state index contributed by atoms with van der Waals surface area (Å²) in [7, 11) is 0. The molecule has 0 amide bonds. The molecular formula is C7H10ClNO3. The van der Waals surface area contributed by atoms with Gasteiger partial charge in [0.05, 0.1) is 6.54 Å². The van der Waals surface area contributed by atoms with Gasteiger partial charge in [0.15, 0.2) is 0 Å². The molecule has 1 heterocycles. The fraction of sp³-hybridized carbons (Fsp3) is 0.286. The molecule has 0 aromatic rings. The number of hydroxylamine groups is 2. The zero-order valence-corrected chi connectivity index (χ0v) is 7.16. The van der Waals surface area contributed by atoms with E-state index in [0.29, 0.717) is 6.54 Å². The van der Waals surface area contributed by atoms with Gasteiger partial charge in [-0.25, -0.2) is 0 Å². The Morgan fingerprint density at radius 2 is 2.33 bits per heavy atom. The van der Waals surface area contributed by atoms with E-state index >= 15 is 0 Å². The van der Waals surface area contributed by atoms with E-state index in [9.17, 15) is 4.79 Å². The second-order valence-electron chi connectivity index (χ2n) is 2.08. The molecule has 1 rings (SSSR count). The monoisotopic (exact) mass is 191 g/mol.